The number of pyridine rings is 1. The predicted octanol–water partition coefficient (Wildman–Crippen LogP) is 2.49. The molecule has 22 heavy (non-hydrogen) atoms. The van der Waals surface area contributed by atoms with Crippen LogP contribution in [0, 0.1) is 0 Å². The van der Waals surface area contributed by atoms with Crippen LogP contribution >= 0.6 is 0 Å². The van der Waals surface area contributed by atoms with Crippen LogP contribution in [0.15, 0.2) is 59.7 Å². The molecule has 0 spiro atoms. The Bertz CT molecular complexity index is 832. The smallest absolute Gasteiger partial charge is 0.272 e. The van der Waals surface area contributed by atoms with Crippen molar-refractivity contribution < 1.29 is 0 Å². The molecule has 1 saturated carbocycles. The normalized spacial score (nSPS) is 14.2. The van der Waals surface area contributed by atoms with Crippen LogP contribution in [0.1, 0.15) is 24.4 Å². The molecule has 5 nitrogen and oxygen atoms in total. The number of nitrogens with zero attached hydrogens (tertiary/aromatic N) is 4. The zero-order valence-corrected chi connectivity index (χ0v) is 12.1. The maximum atomic E-state index is 12.7. The summed E-state index contributed by atoms with van der Waals surface area (Å²) in [7, 11) is 0. The van der Waals surface area contributed by atoms with Gasteiger partial charge in [-0.3, -0.25) is 9.55 Å². The first-order valence-corrected chi connectivity index (χ1v) is 7.46. The van der Waals surface area contributed by atoms with Gasteiger partial charge in [0.1, 0.15) is 0 Å². The van der Waals surface area contributed by atoms with Crippen molar-refractivity contribution in [1.29, 1.82) is 0 Å². The van der Waals surface area contributed by atoms with E-state index in [0.717, 1.165) is 29.8 Å². The van der Waals surface area contributed by atoms with E-state index in [1.165, 1.54) is 0 Å². The molecule has 2 aromatic heterocycles. The van der Waals surface area contributed by atoms with Crippen LogP contribution < -0.4 is 5.69 Å². The van der Waals surface area contributed by atoms with Gasteiger partial charge < -0.3 is 0 Å². The van der Waals surface area contributed by atoms with E-state index in [1.807, 2.05) is 47.0 Å². The van der Waals surface area contributed by atoms with Crippen molar-refractivity contribution in [1.82, 2.24) is 19.3 Å². The summed E-state index contributed by atoms with van der Waals surface area (Å²) in [6.45, 7) is 0.493. The van der Waals surface area contributed by atoms with Crippen molar-refractivity contribution in [2.45, 2.75) is 25.4 Å². The molecule has 1 aliphatic rings. The predicted molar refractivity (Wildman–Crippen MR) is 83.5 cm³/mol. The molecule has 0 N–H and O–H groups in total. The van der Waals surface area contributed by atoms with Gasteiger partial charge in [-0.15, -0.1) is 5.10 Å². The summed E-state index contributed by atoms with van der Waals surface area (Å²) in [5.41, 5.74) is 1.92. The van der Waals surface area contributed by atoms with Gasteiger partial charge >= 0.3 is 5.69 Å². The van der Waals surface area contributed by atoms with E-state index in [4.69, 9.17) is 0 Å². The highest BCUT2D eigenvalue weighted by molar-refractivity contribution is 5.53. The number of aromatic nitrogens is 4. The number of rotatable bonds is 4. The standard InChI is InChI=1S/C17H16N4O/c22-17-20(12-13-5-2-1-3-6-13)19-16(21(17)15-8-9-15)14-7-4-10-18-11-14/h1-7,10-11,15H,8-9,12H2. The number of hydrogen-bond acceptors (Lipinski definition) is 3. The molecule has 4 rings (SSSR count). The largest absolute Gasteiger partial charge is 0.346 e. The maximum absolute atomic E-state index is 12.7. The van der Waals surface area contributed by atoms with E-state index >= 15 is 0 Å². The van der Waals surface area contributed by atoms with Crippen LogP contribution in [0.2, 0.25) is 0 Å². The third kappa shape index (κ3) is 2.35. The van der Waals surface area contributed by atoms with Gasteiger partial charge in [-0.05, 0) is 30.5 Å². The third-order valence-electron chi connectivity index (χ3n) is 3.88. The molecule has 0 atom stereocenters. The van der Waals surface area contributed by atoms with E-state index in [0.29, 0.717) is 6.54 Å². The fourth-order valence-electron chi connectivity index (χ4n) is 2.63. The van der Waals surface area contributed by atoms with Gasteiger partial charge in [0, 0.05) is 24.0 Å². The Labute approximate surface area is 127 Å². The van der Waals surface area contributed by atoms with Crippen molar-refractivity contribution >= 4 is 0 Å². The third-order valence-corrected chi connectivity index (χ3v) is 3.88. The Morgan fingerprint density at radius 2 is 1.91 bits per heavy atom. The number of hydrogen-bond donors (Lipinski definition) is 0. The van der Waals surface area contributed by atoms with Gasteiger partial charge in [-0.25, -0.2) is 9.48 Å². The van der Waals surface area contributed by atoms with Gasteiger partial charge in [-0.2, -0.15) is 0 Å². The van der Waals surface area contributed by atoms with Gasteiger partial charge in [0.25, 0.3) is 0 Å². The van der Waals surface area contributed by atoms with E-state index in [-0.39, 0.29) is 11.7 Å². The Hall–Kier alpha value is -2.69. The Morgan fingerprint density at radius 3 is 2.59 bits per heavy atom. The summed E-state index contributed by atoms with van der Waals surface area (Å²) in [6.07, 6.45) is 5.58. The Balaban J connectivity index is 1.79. The lowest BCUT2D eigenvalue weighted by atomic mass is 10.2. The first kappa shape index (κ1) is 13.0. The average molecular weight is 292 g/mol. The maximum Gasteiger partial charge on any atom is 0.346 e. The van der Waals surface area contributed by atoms with Crippen molar-refractivity contribution in [3.8, 4) is 11.4 Å². The van der Waals surface area contributed by atoms with Crippen LogP contribution in [0.5, 0.6) is 0 Å². The minimum Gasteiger partial charge on any atom is -0.272 e. The van der Waals surface area contributed by atoms with E-state index in [9.17, 15) is 4.79 Å². The molecule has 0 radical (unpaired) electrons. The summed E-state index contributed by atoms with van der Waals surface area (Å²) < 4.78 is 3.37. The van der Waals surface area contributed by atoms with Crippen molar-refractivity contribution in [2.75, 3.05) is 0 Å². The second-order valence-corrected chi connectivity index (χ2v) is 5.59. The quantitative estimate of drug-likeness (QED) is 0.742. The molecule has 0 amide bonds. The summed E-state index contributed by atoms with van der Waals surface area (Å²) in [5.74, 6) is 0.719. The molecule has 110 valence electrons. The van der Waals surface area contributed by atoms with Crippen LogP contribution in [0.3, 0.4) is 0 Å². The zero-order valence-electron chi connectivity index (χ0n) is 12.1. The van der Waals surface area contributed by atoms with E-state index in [1.54, 1.807) is 17.1 Å². The van der Waals surface area contributed by atoms with E-state index in [2.05, 4.69) is 10.1 Å². The highest BCUT2D eigenvalue weighted by atomic mass is 16.2. The minimum atomic E-state index is -0.0368. The van der Waals surface area contributed by atoms with Crippen LogP contribution in [-0.2, 0) is 6.54 Å². The molecule has 3 aromatic rings. The molecule has 0 aliphatic heterocycles. The summed E-state index contributed by atoms with van der Waals surface area (Å²) >= 11 is 0. The molecule has 0 bridgehead atoms. The SMILES string of the molecule is O=c1n(Cc2ccccc2)nc(-c2cccnc2)n1C1CC1. The van der Waals surface area contributed by atoms with Gasteiger partial charge in [0.2, 0.25) is 0 Å². The highest BCUT2D eigenvalue weighted by Gasteiger charge is 2.30. The van der Waals surface area contributed by atoms with Gasteiger partial charge in [-0.1, -0.05) is 30.3 Å². The minimum absolute atomic E-state index is 0.0368. The fraction of sp³-hybridized carbons (Fsp3) is 0.235. The topological polar surface area (TPSA) is 52.7 Å². The van der Waals surface area contributed by atoms with Crippen LogP contribution in [0.25, 0.3) is 11.4 Å². The van der Waals surface area contributed by atoms with Gasteiger partial charge in [0.15, 0.2) is 5.82 Å². The van der Waals surface area contributed by atoms with Crippen LogP contribution in [0.4, 0.5) is 0 Å². The zero-order chi connectivity index (χ0) is 14.9. The van der Waals surface area contributed by atoms with Crippen molar-refractivity contribution in [2.24, 2.45) is 0 Å². The average Bonchev–Trinajstić information content (AvgIpc) is 3.35. The number of benzene rings is 1. The molecule has 1 aromatic carbocycles. The second-order valence-electron chi connectivity index (χ2n) is 5.59. The Morgan fingerprint density at radius 1 is 1.09 bits per heavy atom. The molecule has 5 heteroatoms. The van der Waals surface area contributed by atoms with Crippen molar-refractivity contribution in [3.63, 3.8) is 0 Å². The molecule has 1 aliphatic carbocycles. The molecule has 1 fully saturated rings. The molecule has 0 saturated heterocycles. The summed E-state index contributed by atoms with van der Waals surface area (Å²) in [5, 5.41) is 4.56. The monoisotopic (exact) mass is 292 g/mol. The summed E-state index contributed by atoms with van der Waals surface area (Å²) in [4.78, 5) is 16.8. The highest BCUT2D eigenvalue weighted by Crippen LogP contribution is 2.36. The molecule has 2 heterocycles. The molecule has 0 unspecified atom stereocenters. The van der Waals surface area contributed by atoms with E-state index < -0.39 is 0 Å². The second kappa shape index (κ2) is 5.26. The fourth-order valence-corrected chi connectivity index (χ4v) is 2.63. The molecular weight excluding hydrogens is 276 g/mol. The van der Waals surface area contributed by atoms with Gasteiger partial charge in [0.05, 0.1) is 6.54 Å². The lowest BCUT2D eigenvalue weighted by Gasteiger charge is -2.02. The van der Waals surface area contributed by atoms with Crippen molar-refractivity contribution in [3.05, 3.63) is 70.9 Å². The lowest BCUT2D eigenvalue weighted by molar-refractivity contribution is 0.626. The summed E-state index contributed by atoms with van der Waals surface area (Å²) in [6, 6.07) is 14.0. The Kier molecular flexibility index (Phi) is 3.11. The van der Waals surface area contributed by atoms with Crippen LogP contribution in [-0.4, -0.2) is 19.3 Å². The lowest BCUT2D eigenvalue weighted by Crippen LogP contribution is -2.25. The molecular formula is C17H16N4O. The first-order chi connectivity index (χ1) is 10.8. The first-order valence-electron chi connectivity index (χ1n) is 7.46.